The summed E-state index contributed by atoms with van der Waals surface area (Å²) in [7, 11) is 1.55. The number of methoxy groups -OCH3 is 1. The highest BCUT2D eigenvalue weighted by Crippen LogP contribution is 2.33. The summed E-state index contributed by atoms with van der Waals surface area (Å²) >= 11 is 1.36. The first-order chi connectivity index (χ1) is 14.5. The topological polar surface area (TPSA) is 119 Å². The van der Waals surface area contributed by atoms with Gasteiger partial charge in [-0.2, -0.15) is 0 Å². The summed E-state index contributed by atoms with van der Waals surface area (Å²) in [5.41, 5.74) is 2.64. The first kappa shape index (κ1) is 18.4. The zero-order valence-electron chi connectivity index (χ0n) is 15.9. The lowest BCUT2D eigenvalue weighted by Gasteiger charge is -2.29. The van der Waals surface area contributed by atoms with Crippen LogP contribution in [0.1, 0.15) is 28.8 Å². The fraction of sp³-hybridized carbons (Fsp3) is 0.263. The number of imide groups is 1. The van der Waals surface area contributed by atoms with Gasteiger partial charge in [0.05, 0.1) is 30.1 Å². The molecule has 152 valence electrons. The number of nitrogens with zero attached hydrogens (tertiary/aromatic N) is 5. The zero-order chi connectivity index (χ0) is 20.8. The Bertz CT molecular complexity index is 1190. The predicted molar refractivity (Wildman–Crippen MR) is 105 cm³/mol. The largest absolute Gasteiger partial charge is 0.473 e. The van der Waals surface area contributed by atoms with Crippen LogP contribution >= 0.6 is 11.3 Å². The van der Waals surface area contributed by atoms with Crippen molar-refractivity contribution < 1.29 is 19.1 Å². The van der Waals surface area contributed by atoms with Crippen molar-refractivity contribution in [2.24, 2.45) is 0 Å². The molecule has 1 saturated heterocycles. The Morgan fingerprint density at radius 3 is 2.90 bits per heavy atom. The van der Waals surface area contributed by atoms with Gasteiger partial charge in [0.15, 0.2) is 0 Å². The second-order valence-electron chi connectivity index (χ2n) is 6.95. The molecule has 10 nitrogen and oxygen atoms in total. The van der Waals surface area contributed by atoms with Crippen LogP contribution in [-0.2, 0) is 16.1 Å². The molecule has 4 heterocycles. The minimum absolute atomic E-state index is 0.216. The fourth-order valence-electron chi connectivity index (χ4n) is 3.75. The molecule has 1 atom stereocenters. The summed E-state index contributed by atoms with van der Waals surface area (Å²) < 4.78 is 6.73. The molecule has 0 bridgehead atoms. The minimum Gasteiger partial charge on any atom is -0.473 e. The van der Waals surface area contributed by atoms with E-state index in [-0.39, 0.29) is 24.8 Å². The van der Waals surface area contributed by atoms with Crippen molar-refractivity contribution >= 4 is 29.1 Å². The van der Waals surface area contributed by atoms with E-state index in [9.17, 15) is 14.4 Å². The van der Waals surface area contributed by atoms with Gasteiger partial charge in [0.1, 0.15) is 11.7 Å². The molecule has 30 heavy (non-hydrogen) atoms. The van der Waals surface area contributed by atoms with Crippen molar-refractivity contribution in [3.05, 3.63) is 41.7 Å². The van der Waals surface area contributed by atoms with Crippen LogP contribution in [0.15, 0.2) is 30.6 Å². The zero-order valence-corrected chi connectivity index (χ0v) is 16.7. The maximum atomic E-state index is 13.0. The van der Waals surface area contributed by atoms with Crippen LogP contribution in [0.5, 0.6) is 5.19 Å². The average molecular weight is 424 g/mol. The summed E-state index contributed by atoms with van der Waals surface area (Å²) in [6, 6.07) is 4.70. The summed E-state index contributed by atoms with van der Waals surface area (Å²) in [5.74, 6) is -0.971. The number of hydrogen-bond acceptors (Lipinski definition) is 8. The van der Waals surface area contributed by atoms with E-state index in [0.29, 0.717) is 28.6 Å². The number of hydrogen-bond donors (Lipinski definition) is 1. The number of carbonyl (C=O) groups excluding carboxylic acids is 3. The van der Waals surface area contributed by atoms with Crippen molar-refractivity contribution in [1.29, 1.82) is 0 Å². The molecule has 1 N–H and O–H groups in total. The Morgan fingerprint density at radius 2 is 2.13 bits per heavy atom. The molecule has 0 spiro atoms. The Balaban J connectivity index is 1.46. The van der Waals surface area contributed by atoms with Crippen LogP contribution in [0, 0.1) is 0 Å². The van der Waals surface area contributed by atoms with E-state index in [1.165, 1.54) is 16.2 Å². The molecule has 5 rings (SSSR count). The molecule has 1 unspecified atom stereocenters. The Morgan fingerprint density at radius 1 is 1.27 bits per heavy atom. The molecule has 11 heteroatoms. The van der Waals surface area contributed by atoms with E-state index in [1.54, 1.807) is 36.3 Å². The molecule has 2 aliphatic rings. The van der Waals surface area contributed by atoms with Gasteiger partial charge in [0.2, 0.25) is 11.8 Å². The lowest BCUT2D eigenvalue weighted by Crippen LogP contribution is -2.52. The van der Waals surface area contributed by atoms with Crippen molar-refractivity contribution in [2.75, 3.05) is 7.11 Å². The lowest BCUT2D eigenvalue weighted by atomic mass is 10.0. The third-order valence-electron chi connectivity index (χ3n) is 5.21. The molecule has 1 aromatic carbocycles. The number of thiazole rings is 1. The molecular formula is C19H16N6O4S. The SMILES string of the molecule is COc1ncc(-c2cn(-c3cccc4c3CN(C3CCC(=O)NC3=O)C4=O)nn2)s1. The van der Waals surface area contributed by atoms with Crippen LogP contribution in [0.3, 0.4) is 0 Å². The number of aromatic nitrogens is 4. The van der Waals surface area contributed by atoms with Crippen LogP contribution in [-0.4, -0.2) is 55.8 Å². The van der Waals surface area contributed by atoms with Crippen molar-refractivity contribution in [3.63, 3.8) is 0 Å². The first-order valence-electron chi connectivity index (χ1n) is 9.24. The number of rotatable bonds is 4. The number of nitrogens with one attached hydrogen (secondary N) is 1. The van der Waals surface area contributed by atoms with Gasteiger partial charge >= 0.3 is 0 Å². The summed E-state index contributed by atoms with van der Waals surface area (Å²) in [4.78, 5) is 43.1. The number of amides is 3. The highest BCUT2D eigenvalue weighted by Gasteiger charge is 2.40. The second kappa shape index (κ2) is 7.02. The molecule has 0 aliphatic carbocycles. The van der Waals surface area contributed by atoms with Gasteiger partial charge in [-0.3, -0.25) is 19.7 Å². The summed E-state index contributed by atoms with van der Waals surface area (Å²) in [6.07, 6.45) is 3.97. The molecular weight excluding hydrogens is 408 g/mol. The fourth-order valence-corrected chi connectivity index (χ4v) is 4.43. The monoisotopic (exact) mass is 424 g/mol. The van der Waals surface area contributed by atoms with Crippen molar-refractivity contribution in [2.45, 2.75) is 25.4 Å². The molecule has 3 amide bonds. The van der Waals surface area contributed by atoms with E-state index < -0.39 is 11.9 Å². The van der Waals surface area contributed by atoms with Crippen molar-refractivity contribution in [3.8, 4) is 21.5 Å². The molecule has 2 aromatic heterocycles. The van der Waals surface area contributed by atoms with Crippen molar-refractivity contribution in [1.82, 2.24) is 30.2 Å². The van der Waals surface area contributed by atoms with E-state index in [0.717, 1.165) is 10.4 Å². The van der Waals surface area contributed by atoms with Crippen LogP contribution in [0.25, 0.3) is 16.3 Å². The quantitative estimate of drug-likeness (QED) is 0.624. The number of carbonyl (C=O) groups is 3. The molecule has 0 saturated carbocycles. The Labute approximate surface area is 174 Å². The predicted octanol–water partition coefficient (Wildman–Crippen LogP) is 1.16. The van der Waals surface area contributed by atoms with Crippen LogP contribution in [0.4, 0.5) is 0 Å². The average Bonchev–Trinajstić information content (AvgIpc) is 3.47. The molecule has 2 aliphatic heterocycles. The van der Waals surface area contributed by atoms with E-state index in [4.69, 9.17) is 4.74 Å². The lowest BCUT2D eigenvalue weighted by molar-refractivity contribution is -0.136. The van der Waals surface area contributed by atoms with Gasteiger partial charge in [-0.15, -0.1) is 5.10 Å². The molecule has 3 aromatic rings. The van der Waals surface area contributed by atoms with Gasteiger partial charge in [-0.05, 0) is 18.6 Å². The van der Waals surface area contributed by atoms with Gasteiger partial charge in [-0.25, -0.2) is 9.67 Å². The highest BCUT2D eigenvalue weighted by atomic mass is 32.1. The molecule has 0 radical (unpaired) electrons. The van der Waals surface area contributed by atoms with E-state index in [1.807, 2.05) is 6.07 Å². The summed E-state index contributed by atoms with van der Waals surface area (Å²) in [5, 5.41) is 11.3. The Hall–Kier alpha value is -3.60. The van der Waals surface area contributed by atoms with E-state index in [2.05, 4.69) is 20.6 Å². The normalized spacial score (nSPS) is 18.5. The van der Waals surface area contributed by atoms with Gasteiger partial charge in [0.25, 0.3) is 11.1 Å². The van der Waals surface area contributed by atoms with E-state index >= 15 is 0 Å². The Kier molecular flexibility index (Phi) is 4.31. The number of benzene rings is 1. The van der Waals surface area contributed by atoms with Gasteiger partial charge in [0, 0.05) is 24.1 Å². The minimum atomic E-state index is -0.661. The summed E-state index contributed by atoms with van der Waals surface area (Å²) in [6.45, 7) is 0.264. The van der Waals surface area contributed by atoms with Crippen LogP contribution < -0.4 is 10.1 Å². The number of piperidine rings is 1. The maximum Gasteiger partial charge on any atom is 0.273 e. The third kappa shape index (κ3) is 2.94. The smallest absolute Gasteiger partial charge is 0.273 e. The highest BCUT2D eigenvalue weighted by molar-refractivity contribution is 7.16. The standard InChI is InChI=1S/C19H16N6O4S/c1-29-19-20-7-15(30-19)12-9-25(23-22-12)13-4-2-3-10-11(13)8-24(18(10)28)14-5-6-16(26)21-17(14)27/h2-4,7,9,14H,5-6,8H2,1H3,(H,21,26,27). The van der Waals surface area contributed by atoms with Crippen LogP contribution in [0.2, 0.25) is 0 Å². The first-order valence-corrected chi connectivity index (χ1v) is 10.1. The number of ether oxygens (including phenoxy) is 1. The van der Waals surface area contributed by atoms with Gasteiger partial charge < -0.3 is 9.64 Å². The number of fused-ring (bicyclic) bond motifs is 1. The second-order valence-corrected chi connectivity index (χ2v) is 7.94. The third-order valence-corrected chi connectivity index (χ3v) is 6.19. The molecule has 1 fully saturated rings. The van der Waals surface area contributed by atoms with Gasteiger partial charge in [-0.1, -0.05) is 22.6 Å². The maximum absolute atomic E-state index is 13.0.